The van der Waals surface area contributed by atoms with E-state index in [1.54, 1.807) is 0 Å². The summed E-state index contributed by atoms with van der Waals surface area (Å²) in [5.41, 5.74) is 8.51. The SMILES string of the molecule is Cc1cc(C(=N)N)cc(C)c1OCC1CC2CCC1C2. The lowest BCUT2D eigenvalue weighted by molar-refractivity contribution is 0.193. The number of amidine groups is 1. The first-order valence-electron chi connectivity index (χ1n) is 7.63. The highest BCUT2D eigenvalue weighted by molar-refractivity contribution is 5.95. The Morgan fingerprint density at radius 3 is 2.45 bits per heavy atom. The van der Waals surface area contributed by atoms with Crippen molar-refractivity contribution < 1.29 is 4.74 Å². The van der Waals surface area contributed by atoms with Crippen LogP contribution in [-0.2, 0) is 0 Å². The van der Waals surface area contributed by atoms with Crippen LogP contribution in [0.2, 0.25) is 0 Å². The van der Waals surface area contributed by atoms with Gasteiger partial charge in [0.1, 0.15) is 11.6 Å². The molecule has 3 N–H and O–H groups in total. The third-order valence-electron chi connectivity index (χ3n) is 5.10. The summed E-state index contributed by atoms with van der Waals surface area (Å²) < 4.78 is 6.13. The summed E-state index contributed by atoms with van der Waals surface area (Å²) in [6.07, 6.45) is 5.62. The Bertz CT molecular complexity index is 515. The summed E-state index contributed by atoms with van der Waals surface area (Å²) in [6, 6.07) is 3.90. The second kappa shape index (κ2) is 5.12. The van der Waals surface area contributed by atoms with E-state index in [9.17, 15) is 0 Å². The van der Waals surface area contributed by atoms with Crippen LogP contribution < -0.4 is 10.5 Å². The summed E-state index contributed by atoms with van der Waals surface area (Å²) in [5.74, 6) is 3.72. The number of rotatable bonds is 4. The first-order valence-corrected chi connectivity index (χ1v) is 7.63. The molecule has 3 heteroatoms. The molecule has 2 bridgehead atoms. The molecular weight excluding hydrogens is 248 g/mol. The lowest BCUT2D eigenvalue weighted by Gasteiger charge is -2.23. The van der Waals surface area contributed by atoms with Gasteiger partial charge in [-0.2, -0.15) is 0 Å². The largest absolute Gasteiger partial charge is 0.493 e. The molecule has 0 heterocycles. The molecular formula is C17H24N2O. The molecule has 2 fully saturated rings. The number of benzene rings is 1. The van der Waals surface area contributed by atoms with Crippen molar-refractivity contribution >= 4 is 5.84 Å². The van der Waals surface area contributed by atoms with Gasteiger partial charge in [-0.05, 0) is 74.1 Å². The maximum absolute atomic E-state index is 7.53. The molecule has 3 rings (SSSR count). The van der Waals surface area contributed by atoms with Crippen LogP contribution in [0, 0.1) is 37.0 Å². The van der Waals surface area contributed by atoms with Gasteiger partial charge in [-0.15, -0.1) is 0 Å². The maximum Gasteiger partial charge on any atom is 0.125 e. The highest BCUT2D eigenvalue weighted by Crippen LogP contribution is 2.48. The molecule has 0 saturated heterocycles. The Morgan fingerprint density at radius 2 is 1.95 bits per heavy atom. The number of fused-ring (bicyclic) bond motifs is 2. The van der Waals surface area contributed by atoms with Gasteiger partial charge >= 0.3 is 0 Å². The monoisotopic (exact) mass is 272 g/mol. The summed E-state index contributed by atoms with van der Waals surface area (Å²) in [5, 5.41) is 7.53. The van der Waals surface area contributed by atoms with Gasteiger partial charge in [0.2, 0.25) is 0 Å². The number of ether oxygens (including phenoxy) is 1. The Balaban J connectivity index is 1.70. The van der Waals surface area contributed by atoms with Crippen molar-refractivity contribution in [3.8, 4) is 5.75 Å². The van der Waals surface area contributed by atoms with Crippen LogP contribution in [0.1, 0.15) is 42.4 Å². The molecule has 3 unspecified atom stereocenters. The molecule has 2 saturated carbocycles. The smallest absolute Gasteiger partial charge is 0.125 e. The Kier molecular flexibility index (Phi) is 3.45. The number of nitrogens with two attached hydrogens (primary N) is 1. The van der Waals surface area contributed by atoms with Crippen molar-refractivity contribution in [3.05, 3.63) is 28.8 Å². The van der Waals surface area contributed by atoms with Crippen molar-refractivity contribution in [3.63, 3.8) is 0 Å². The summed E-state index contributed by atoms with van der Waals surface area (Å²) >= 11 is 0. The molecule has 0 aliphatic heterocycles. The number of hydrogen-bond donors (Lipinski definition) is 2. The van der Waals surface area contributed by atoms with Crippen LogP contribution >= 0.6 is 0 Å². The van der Waals surface area contributed by atoms with E-state index in [2.05, 4.69) is 0 Å². The molecule has 3 nitrogen and oxygen atoms in total. The highest BCUT2D eigenvalue weighted by atomic mass is 16.5. The van der Waals surface area contributed by atoms with Crippen molar-refractivity contribution in [2.75, 3.05) is 6.61 Å². The predicted molar refractivity (Wildman–Crippen MR) is 81.4 cm³/mol. The van der Waals surface area contributed by atoms with Gasteiger partial charge in [-0.1, -0.05) is 6.42 Å². The van der Waals surface area contributed by atoms with E-state index in [0.717, 1.165) is 46.8 Å². The van der Waals surface area contributed by atoms with Crippen molar-refractivity contribution in [2.24, 2.45) is 23.5 Å². The van der Waals surface area contributed by atoms with E-state index in [0.29, 0.717) is 0 Å². The van der Waals surface area contributed by atoms with E-state index in [-0.39, 0.29) is 5.84 Å². The van der Waals surface area contributed by atoms with Gasteiger partial charge in [0, 0.05) is 5.56 Å². The average molecular weight is 272 g/mol. The molecule has 1 aromatic rings. The fourth-order valence-corrected chi connectivity index (χ4v) is 4.10. The average Bonchev–Trinajstić information content (AvgIpc) is 2.99. The molecule has 0 radical (unpaired) electrons. The minimum Gasteiger partial charge on any atom is -0.493 e. The standard InChI is InChI=1S/C17H24N2O/c1-10-5-14(17(18)19)6-11(2)16(10)20-9-15-8-12-3-4-13(15)7-12/h5-6,12-13,15H,3-4,7-9H2,1-2H3,(H3,18,19). The maximum atomic E-state index is 7.53. The van der Waals surface area contributed by atoms with Crippen LogP contribution in [0.5, 0.6) is 5.75 Å². The van der Waals surface area contributed by atoms with Gasteiger partial charge in [0.05, 0.1) is 6.61 Å². The van der Waals surface area contributed by atoms with Crippen LogP contribution in [-0.4, -0.2) is 12.4 Å². The van der Waals surface area contributed by atoms with Crippen molar-refractivity contribution in [1.29, 1.82) is 5.41 Å². The molecule has 2 aliphatic rings. The zero-order chi connectivity index (χ0) is 14.3. The zero-order valence-corrected chi connectivity index (χ0v) is 12.4. The first-order chi connectivity index (χ1) is 9.54. The fourth-order valence-electron chi connectivity index (χ4n) is 4.10. The highest BCUT2D eigenvalue weighted by Gasteiger charge is 2.39. The van der Waals surface area contributed by atoms with Crippen LogP contribution in [0.15, 0.2) is 12.1 Å². The van der Waals surface area contributed by atoms with Crippen LogP contribution in [0.25, 0.3) is 0 Å². The second-order valence-electron chi connectivity index (χ2n) is 6.60. The third-order valence-corrected chi connectivity index (χ3v) is 5.10. The van der Waals surface area contributed by atoms with E-state index in [1.807, 2.05) is 26.0 Å². The molecule has 0 amide bonds. The van der Waals surface area contributed by atoms with Crippen molar-refractivity contribution in [1.82, 2.24) is 0 Å². The Morgan fingerprint density at radius 1 is 1.25 bits per heavy atom. The Hall–Kier alpha value is -1.51. The molecule has 0 spiro atoms. The topological polar surface area (TPSA) is 59.1 Å². The first kappa shape index (κ1) is 13.5. The normalized spacial score (nSPS) is 27.8. The molecule has 20 heavy (non-hydrogen) atoms. The summed E-state index contributed by atoms with van der Waals surface area (Å²) in [4.78, 5) is 0. The lowest BCUT2D eigenvalue weighted by atomic mass is 9.89. The van der Waals surface area contributed by atoms with Gasteiger partial charge < -0.3 is 10.5 Å². The quantitative estimate of drug-likeness (QED) is 0.652. The van der Waals surface area contributed by atoms with Crippen LogP contribution in [0.3, 0.4) is 0 Å². The Labute approximate surface area is 121 Å². The van der Waals surface area contributed by atoms with Gasteiger partial charge in [0.15, 0.2) is 0 Å². The minimum atomic E-state index is 0.121. The summed E-state index contributed by atoms with van der Waals surface area (Å²) in [6.45, 7) is 4.92. The van der Waals surface area contributed by atoms with Gasteiger partial charge in [0.25, 0.3) is 0 Å². The van der Waals surface area contributed by atoms with Crippen molar-refractivity contribution in [2.45, 2.75) is 39.5 Å². The van der Waals surface area contributed by atoms with Crippen LogP contribution in [0.4, 0.5) is 0 Å². The number of nitrogens with one attached hydrogen (secondary N) is 1. The van der Waals surface area contributed by atoms with E-state index in [1.165, 1.54) is 25.7 Å². The van der Waals surface area contributed by atoms with Gasteiger partial charge in [-0.25, -0.2) is 0 Å². The zero-order valence-electron chi connectivity index (χ0n) is 12.4. The molecule has 0 aromatic heterocycles. The van der Waals surface area contributed by atoms with Gasteiger partial charge in [-0.3, -0.25) is 5.41 Å². The van der Waals surface area contributed by atoms with E-state index in [4.69, 9.17) is 15.9 Å². The predicted octanol–water partition coefficient (Wildman–Crippen LogP) is 3.40. The molecule has 2 aliphatic carbocycles. The third kappa shape index (κ3) is 2.41. The summed E-state index contributed by atoms with van der Waals surface area (Å²) in [7, 11) is 0. The lowest BCUT2D eigenvalue weighted by Crippen LogP contribution is -2.19. The second-order valence-corrected chi connectivity index (χ2v) is 6.60. The molecule has 3 atom stereocenters. The molecule has 108 valence electrons. The van der Waals surface area contributed by atoms with E-state index < -0.39 is 0 Å². The number of nitrogen functional groups attached to an aromatic ring is 1. The fraction of sp³-hybridized carbons (Fsp3) is 0.588. The van der Waals surface area contributed by atoms with E-state index >= 15 is 0 Å². The minimum absolute atomic E-state index is 0.121. The number of hydrogen-bond acceptors (Lipinski definition) is 2. The number of aryl methyl sites for hydroxylation is 2. The molecule has 1 aromatic carbocycles.